The molecule has 0 amide bonds. The Morgan fingerprint density at radius 1 is 1.00 bits per heavy atom. The largest absolute Gasteiger partial charge is 0.491 e. The Bertz CT molecular complexity index is 510. The molecular formula is C22H37NO2. The maximum absolute atomic E-state index is 10.2. The highest BCUT2D eigenvalue weighted by Gasteiger charge is 2.27. The van der Waals surface area contributed by atoms with Crippen molar-refractivity contribution in [1.82, 2.24) is 4.90 Å². The molecule has 1 fully saturated rings. The minimum absolute atomic E-state index is 0.143. The highest BCUT2D eigenvalue weighted by molar-refractivity contribution is 5.31. The fourth-order valence-electron chi connectivity index (χ4n) is 4.12. The summed E-state index contributed by atoms with van der Waals surface area (Å²) in [5.74, 6) is 0.841. The van der Waals surface area contributed by atoms with Gasteiger partial charge in [0.1, 0.15) is 18.5 Å². The molecule has 0 spiro atoms. The Labute approximate surface area is 154 Å². The smallest absolute Gasteiger partial charge is 0.119 e. The fraction of sp³-hybridized carbons (Fsp3) is 0.727. The summed E-state index contributed by atoms with van der Waals surface area (Å²) in [6.45, 7) is 14.8. The van der Waals surface area contributed by atoms with Crippen LogP contribution in [-0.4, -0.2) is 42.4 Å². The molecule has 0 bridgehead atoms. The summed E-state index contributed by atoms with van der Waals surface area (Å²) in [6, 6.07) is 8.40. The number of hydrogen-bond donors (Lipinski definition) is 1. The maximum Gasteiger partial charge on any atom is 0.119 e. The lowest BCUT2D eigenvalue weighted by molar-refractivity contribution is 0.0617. The van der Waals surface area contributed by atoms with Crippen LogP contribution in [0.4, 0.5) is 0 Å². The van der Waals surface area contributed by atoms with Crippen LogP contribution in [0, 0.1) is 5.41 Å². The highest BCUT2D eigenvalue weighted by Crippen LogP contribution is 2.36. The lowest BCUT2D eigenvalue weighted by Crippen LogP contribution is -2.38. The first kappa shape index (κ1) is 20.3. The molecule has 1 unspecified atom stereocenters. The van der Waals surface area contributed by atoms with E-state index in [2.05, 4.69) is 51.7 Å². The zero-order valence-corrected chi connectivity index (χ0v) is 16.8. The summed E-state index contributed by atoms with van der Waals surface area (Å²) in [5.41, 5.74) is 1.78. The lowest BCUT2D eigenvalue weighted by atomic mass is 9.72. The summed E-state index contributed by atoms with van der Waals surface area (Å²) in [4.78, 5) is 2.34. The van der Waals surface area contributed by atoms with Crippen molar-refractivity contribution in [1.29, 1.82) is 0 Å². The molecule has 1 N–H and O–H groups in total. The fourth-order valence-corrected chi connectivity index (χ4v) is 4.12. The number of hydrogen-bond acceptors (Lipinski definition) is 3. The van der Waals surface area contributed by atoms with Gasteiger partial charge in [-0.3, -0.25) is 0 Å². The zero-order valence-electron chi connectivity index (χ0n) is 16.8. The average Bonchev–Trinajstić information content (AvgIpc) is 2.52. The molecule has 0 aromatic heterocycles. The molecule has 142 valence electrons. The molecule has 1 aliphatic rings. The zero-order chi connectivity index (χ0) is 18.5. The van der Waals surface area contributed by atoms with Crippen LogP contribution >= 0.6 is 0 Å². The number of aliphatic hydroxyl groups is 1. The number of benzene rings is 1. The predicted molar refractivity (Wildman–Crippen MR) is 105 cm³/mol. The van der Waals surface area contributed by atoms with Crippen LogP contribution in [0.15, 0.2) is 24.3 Å². The Balaban J connectivity index is 1.83. The SMILES string of the molecule is CC(C)(C)CC(C)(C)c1ccc(OCC(O)CN2CCCCC2)cc1. The van der Waals surface area contributed by atoms with E-state index < -0.39 is 6.10 Å². The van der Waals surface area contributed by atoms with E-state index >= 15 is 0 Å². The van der Waals surface area contributed by atoms with Crippen molar-refractivity contribution in [3.05, 3.63) is 29.8 Å². The van der Waals surface area contributed by atoms with Crippen molar-refractivity contribution >= 4 is 0 Å². The van der Waals surface area contributed by atoms with Crippen molar-refractivity contribution in [2.24, 2.45) is 5.41 Å². The second-order valence-corrected chi connectivity index (χ2v) is 9.47. The quantitative estimate of drug-likeness (QED) is 0.781. The molecule has 0 saturated carbocycles. The van der Waals surface area contributed by atoms with Crippen LogP contribution in [-0.2, 0) is 5.41 Å². The monoisotopic (exact) mass is 347 g/mol. The predicted octanol–water partition coefficient (Wildman–Crippen LogP) is 4.63. The van der Waals surface area contributed by atoms with Crippen molar-refractivity contribution in [3.8, 4) is 5.75 Å². The summed E-state index contributed by atoms with van der Waals surface area (Å²) in [7, 11) is 0. The van der Waals surface area contributed by atoms with Gasteiger partial charge in [-0.05, 0) is 60.9 Å². The first-order valence-electron chi connectivity index (χ1n) is 9.79. The van der Waals surface area contributed by atoms with Gasteiger partial charge in [-0.2, -0.15) is 0 Å². The van der Waals surface area contributed by atoms with Gasteiger partial charge in [0.15, 0.2) is 0 Å². The van der Waals surface area contributed by atoms with Crippen LogP contribution in [0.1, 0.15) is 65.9 Å². The van der Waals surface area contributed by atoms with Gasteiger partial charge in [0.25, 0.3) is 0 Å². The molecule has 1 saturated heterocycles. The summed E-state index contributed by atoms with van der Waals surface area (Å²) in [6.07, 6.45) is 4.53. The van der Waals surface area contributed by atoms with Crippen LogP contribution < -0.4 is 4.74 Å². The van der Waals surface area contributed by atoms with E-state index in [1.54, 1.807) is 0 Å². The number of rotatable bonds is 7. The average molecular weight is 348 g/mol. The third-order valence-electron chi connectivity index (χ3n) is 4.97. The highest BCUT2D eigenvalue weighted by atomic mass is 16.5. The summed E-state index contributed by atoms with van der Waals surface area (Å²) >= 11 is 0. The van der Waals surface area contributed by atoms with E-state index in [1.165, 1.54) is 24.8 Å². The standard InChI is InChI=1S/C22H37NO2/c1-21(2,3)17-22(4,5)18-9-11-20(12-10-18)25-16-19(24)15-23-13-7-6-8-14-23/h9-12,19,24H,6-8,13-17H2,1-5H3. The third-order valence-corrected chi connectivity index (χ3v) is 4.97. The second kappa shape index (κ2) is 8.55. The topological polar surface area (TPSA) is 32.7 Å². The number of ether oxygens (including phenoxy) is 1. The van der Waals surface area contributed by atoms with Crippen LogP contribution in [0.3, 0.4) is 0 Å². The van der Waals surface area contributed by atoms with Gasteiger partial charge in [0, 0.05) is 6.54 Å². The molecule has 3 nitrogen and oxygen atoms in total. The van der Waals surface area contributed by atoms with Gasteiger partial charge >= 0.3 is 0 Å². The van der Waals surface area contributed by atoms with E-state index in [0.29, 0.717) is 12.0 Å². The molecule has 1 heterocycles. The second-order valence-electron chi connectivity index (χ2n) is 9.47. The minimum Gasteiger partial charge on any atom is -0.491 e. The number of nitrogens with zero attached hydrogens (tertiary/aromatic N) is 1. The molecule has 1 aromatic rings. The Morgan fingerprint density at radius 3 is 2.16 bits per heavy atom. The third kappa shape index (κ3) is 6.99. The van der Waals surface area contributed by atoms with Crippen molar-refractivity contribution in [3.63, 3.8) is 0 Å². The van der Waals surface area contributed by atoms with Gasteiger partial charge in [0.2, 0.25) is 0 Å². The molecule has 1 atom stereocenters. The Morgan fingerprint density at radius 2 is 1.60 bits per heavy atom. The summed E-state index contributed by atoms with van der Waals surface area (Å²) < 4.78 is 5.80. The van der Waals surface area contributed by atoms with E-state index in [9.17, 15) is 5.11 Å². The van der Waals surface area contributed by atoms with Crippen molar-refractivity contribution < 1.29 is 9.84 Å². The molecule has 1 aromatic carbocycles. The summed E-state index contributed by atoms with van der Waals surface area (Å²) in [5, 5.41) is 10.2. The number of likely N-dealkylation sites (tertiary alicyclic amines) is 1. The molecule has 1 aliphatic heterocycles. The molecule has 0 aliphatic carbocycles. The van der Waals surface area contributed by atoms with Gasteiger partial charge in [-0.1, -0.05) is 53.2 Å². The maximum atomic E-state index is 10.2. The van der Waals surface area contributed by atoms with Gasteiger partial charge in [-0.15, -0.1) is 0 Å². The molecule has 0 radical (unpaired) electrons. The molecular weight excluding hydrogens is 310 g/mol. The van der Waals surface area contributed by atoms with Crippen LogP contribution in [0.25, 0.3) is 0 Å². The van der Waals surface area contributed by atoms with Gasteiger partial charge in [0.05, 0.1) is 0 Å². The first-order chi connectivity index (χ1) is 11.7. The number of aliphatic hydroxyl groups excluding tert-OH is 1. The normalized spacial score (nSPS) is 18.2. The van der Waals surface area contributed by atoms with E-state index in [1.807, 2.05) is 12.1 Å². The van der Waals surface area contributed by atoms with E-state index in [-0.39, 0.29) is 5.41 Å². The van der Waals surface area contributed by atoms with Crippen molar-refractivity contribution in [2.75, 3.05) is 26.2 Å². The van der Waals surface area contributed by atoms with E-state index in [4.69, 9.17) is 4.74 Å². The molecule has 3 heteroatoms. The molecule has 2 rings (SSSR count). The van der Waals surface area contributed by atoms with Gasteiger partial charge in [-0.25, -0.2) is 0 Å². The van der Waals surface area contributed by atoms with Crippen LogP contribution in [0.2, 0.25) is 0 Å². The van der Waals surface area contributed by atoms with E-state index in [0.717, 1.165) is 31.8 Å². The lowest BCUT2D eigenvalue weighted by Gasteiger charge is -2.33. The Kier molecular flexibility index (Phi) is 6.93. The minimum atomic E-state index is -0.421. The number of piperidine rings is 1. The van der Waals surface area contributed by atoms with Crippen molar-refractivity contribution in [2.45, 2.75) is 71.8 Å². The first-order valence-corrected chi connectivity index (χ1v) is 9.79. The molecule has 25 heavy (non-hydrogen) atoms. The van der Waals surface area contributed by atoms with Gasteiger partial charge < -0.3 is 14.7 Å². The Hall–Kier alpha value is -1.06. The number of β-amino-alcohol motifs (C(OH)–C–C–N with tert-alkyl or cyclic N) is 1. The van der Waals surface area contributed by atoms with Crippen LogP contribution in [0.5, 0.6) is 5.75 Å².